The van der Waals surface area contributed by atoms with Gasteiger partial charge in [-0.3, -0.25) is 0 Å². The predicted molar refractivity (Wildman–Crippen MR) is 177 cm³/mol. The Hall–Kier alpha value is -3.50. The van der Waals surface area contributed by atoms with Crippen LogP contribution in [0, 0.1) is 0 Å². The van der Waals surface area contributed by atoms with Gasteiger partial charge in [-0.05, 0) is 89.0 Å². The lowest BCUT2D eigenvalue weighted by molar-refractivity contribution is -0.146. The van der Waals surface area contributed by atoms with E-state index in [4.69, 9.17) is 31.3 Å². The van der Waals surface area contributed by atoms with Gasteiger partial charge in [0.2, 0.25) is 5.89 Å². The van der Waals surface area contributed by atoms with E-state index in [1.165, 1.54) is 6.08 Å². The van der Waals surface area contributed by atoms with Crippen LogP contribution in [-0.2, 0) is 31.7 Å². The third-order valence-electron chi connectivity index (χ3n) is 5.53. The summed E-state index contributed by atoms with van der Waals surface area (Å²) in [5, 5.41) is 0. The summed E-state index contributed by atoms with van der Waals surface area (Å²) in [7, 11) is -6.84. The first-order chi connectivity index (χ1) is 20.5. The van der Waals surface area contributed by atoms with Crippen LogP contribution in [-0.4, -0.2) is 62.2 Å². The lowest BCUT2D eigenvalue weighted by atomic mass is 10.1. The van der Waals surface area contributed by atoms with E-state index < -0.39 is 37.4 Å². The first kappa shape index (κ1) is 35.0. The Labute approximate surface area is 262 Å². The molecule has 0 amide bonds. The van der Waals surface area contributed by atoms with E-state index in [0.29, 0.717) is 39.6 Å². The van der Waals surface area contributed by atoms with Gasteiger partial charge in [0, 0.05) is 18.2 Å². The number of oxazole rings is 1. The number of fused-ring (bicyclic) bond motifs is 1. The number of hydrogen-bond donors (Lipinski definition) is 0. The quantitative estimate of drug-likeness (QED) is 0.0415. The Bertz CT molecular complexity index is 1470. The molecule has 2 aromatic carbocycles. The summed E-state index contributed by atoms with van der Waals surface area (Å²) in [6.07, 6.45) is 1.44. The molecule has 0 N–H and O–H groups in total. The highest BCUT2D eigenvalue weighted by Crippen LogP contribution is 2.29. The summed E-state index contributed by atoms with van der Waals surface area (Å²) in [5.74, 6) is -0.0741. The van der Waals surface area contributed by atoms with Gasteiger partial charge in [-0.2, -0.15) is 0 Å². The molecule has 0 unspecified atom stereocenters. The Morgan fingerprint density at radius 1 is 0.864 bits per heavy atom. The van der Waals surface area contributed by atoms with Crippen LogP contribution in [0.2, 0.25) is 45.8 Å². The Morgan fingerprint density at radius 3 is 1.95 bits per heavy atom. The van der Waals surface area contributed by atoms with E-state index in [1.807, 2.05) is 12.6 Å². The SMILES string of the molecule is C=C(COc1ccc2nc(-c3ccc(C=C(C(=O)OCC)C(=O)OCC)cc3)oc2c1)O[Si](C)(O[Si](C)(C)C)O[Si](C)(C)C. The number of ether oxygens (including phenoxy) is 3. The molecule has 0 saturated heterocycles. The molecule has 0 fully saturated rings. The molecule has 0 aliphatic heterocycles. The van der Waals surface area contributed by atoms with Gasteiger partial charge in [-0.15, -0.1) is 0 Å². The van der Waals surface area contributed by atoms with Crippen LogP contribution in [0.3, 0.4) is 0 Å². The van der Waals surface area contributed by atoms with Gasteiger partial charge >= 0.3 is 20.7 Å². The number of nitrogens with zero attached hydrogens (tertiary/aromatic N) is 1. The molecule has 13 heteroatoms. The molecule has 3 rings (SSSR count). The average Bonchev–Trinajstić information content (AvgIpc) is 3.32. The lowest BCUT2D eigenvalue weighted by Crippen LogP contribution is -2.54. The van der Waals surface area contributed by atoms with Crippen LogP contribution in [0.5, 0.6) is 5.75 Å². The monoisotopic (exact) mass is 657 g/mol. The molecule has 0 bridgehead atoms. The average molecular weight is 658 g/mol. The highest BCUT2D eigenvalue weighted by molar-refractivity contribution is 6.85. The van der Waals surface area contributed by atoms with Crippen molar-refractivity contribution in [3.63, 3.8) is 0 Å². The Balaban J connectivity index is 1.72. The fourth-order valence-electron chi connectivity index (χ4n) is 4.26. The third-order valence-corrected chi connectivity index (χ3v) is 14.1. The van der Waals surface area contributed by atoms with Crippen LogP contribution in [0.4, 0.5) is 0 Å². The molecule has 44 heavy (non-hydrogen) atoms. The van der Waals surface area contributed by atoms with Crippen molar-refractivity contribution in [1.82, 2.24) is 4.98 Å². The van der Waals surface area contributed by atoms with Crippen molar-refractivity contribution >= 4 is 54.6 Å². The molecule has 238 valence electrons. The standard InChI is InChI=1S/C31H43NO9Si3/c1-11-35-30(33)26(31(34)36-12-2)19-23-13-15-24(16-14-23)29-32-27-18-17-25(20-28(27)38-29)37-21-22(3)39-44(10,40-42(4,5)6)41-43(7,8)9/h13-20H,3,11-12,21H2,1-2,4-10H3. The molecule has 0 saturated carbocycles. The summed E-state index contributed by atoms with van der Waals surface area (Å²) in [4.78, 5) is 29.1. The summed E-state index contributed by atoms with van der Waals surface area (Å²) in [6.45, 7) is 22.3. The number of carbonyl (C=O) groups is 2. The number of hydrogen-bond acceptors (Lipinski definition) is 10. The van der Waals surface area contributed by atoms with Crippen molar-refractivity contribution in [1.29, 1.82) is 0 Å². The maximum Gasteiger partial charge on any atom is 0.541 e. The van der Waals surface area contributed by atoms with Crippen LogP contribution >= 0.6 is 0 Å². The minimum absolute atomic E-state index is 0.119. The second kappa shape index (κ2) is 14.5. The fourth-order valence-corrected chi connectivity index (χ4v) is 14.6. The summed E-state index contributed by atoms with van der Waals surface area (Å²) >= 11 is 0. The van der Waals surface area contributed by atoms with Crippen molar-refractivity contribution in [3.05, 3.63) is 65.9 Å². The predicted octanol–water partition coefficient (Wildman–Crippen LogP) is 7.19. The smallest absolute Gasteiger partial charge is 0.503 e. The number of aromatic nitrogens is 1. The van der Waals surface area contributed by atoms with Crippen molar-refractivity contribution in [2.75, 3.05) is 19.8 Å². The van der Waals surface area contributed by atoms with E-state index in [1.54, 1.807) is 50.2 Å². The minimum atomic E-state index is -2.97. The van der Waals surface area contributed by atoms with Gasteiger partial charge in [-0.25, -0.2) is 14.6 Å². The van der Waals surface area contributed by atoms with Crippen molar-refractivity contribution in [2.24, 2.45) is 0 Å². The molecular weight excluding hydrogens is 615 g/mol. The minimum Gasteiger partial charge on any atom is -0.503 e. The lowest BCUT2D eigenvalue weighted by Gasteiger charge is -2.37. The highest BCUT2D eigenvalue weighted by Gasteiger charge is 2.45. The zero-order valence-corrected chi connectivity index (χ0v) is 30.1. The molecule has 1 aromatic heterocycles. The topological polar surface area (TPSA) is 116 Å². The summed E-state index contributed by atoms with van der Waals surface area (Å²) < 4.78 is 40.9. The number of carbonyl (C=O) groups excluding carboxylic acids is 2. The molecule has 3 aromatic rings. The van der Waals surface area contributed by atoms with Crippen molar-refractivity contribution < 1.29 is 40.9 Å². The van der Waals surface area contributed by atoms with E-state index >= 15 is 0 Å². The second-order valence-electron chi connectivity index (χ2n) is 12.0. The molecule has 10 nitrogen and oxygen atoms in total. The Kier molecular flexibility index (Phi) is 11.5. The summed E-state index contributed by atoms with van der Waals surface area (Å²) in [5.41, 5.74) is 2.35. The molecule has 0 spiro atoms. The first-order valence-electron chi connectivity index (χ1n) is 14.5. The van der Waals surface area contributed by atoms with Crippen LogP contribution in [0.15, 0.2) is 64.8 Å². The summed E-state index contributed by atoms with van der Waals surface area (Å²) in [6, 6.07) is 12.4. The van der Waals surface area contributed by atoms with E-state index in [0.717, 1.165) is 0 Å². The van der Waals surface area contributed by atoms with Gasteiger partial charge in [0.25, 0.3) is 0 Å². The van der Waals surface area contributed by atoms with E-state index in [-0.39, 0.29) is 25.4 Å². The highest BCUT2D eigenvalue weighted by atomic mass is 28.5. The number of benzene rings is 2. The van der Waals surface area contributed by atoms with Crippen LogP contribution < -0.4 is 4.74 Å². The van der Waals surface area contributed by atoms with Crippen LogP contribution in [0.25, 0.3) is 28.6 Å². The maximum atomic E-state index is 12.3. The number of rotatable bonds is 15. The molecule has 0 radical (unpaired) electrons. The zero-order valence-electron chi connectivity index (χ0n) is 27.1. The van der Waals surface area contributed by atoms with Crippen molar-refractivity contribution in [2.45, 2.75) is 59.7 Å². The first-order valence-corrected chi connectivity index (χ1v) is 23.5. The maximum absolute atomic E-state index is 12.3. The molecule has 0 atom stereocenters. The molecule has 0 aliphatic carbocycles. The van der Waals surface area contributed by atoms with Gasteiger partial charge in [0.1, 0.15) is 29.2 Å². The largest absolute Gasteiger partial charge is 0.541 e. The molecular formula is C31H43NO9Si3. The van der Waals surface area contributed by atoms with E-state index in [2.05, 4.69) is 50.8 Å². The van der Waals surface area contributed by atoms with Gasteiger partial charge in [0.05, 0.1) is 13.2 Å². The van der Waals surface area contributed by atoms with E-state index in [9.17, 15) is 9.59 Å². The third kappa shape index (κ3) is 10.6. The second-order valence-corrected chi connectivity index (χ2v) is 24.0. The zero-order chi connectivity index (χ0) is 32.7. The van der Waals surface area contributed by atoms with Crippen molar-refractivity contribution in [3.8, 4) is 17.2 Å². The van der Waals surface area contributed by atoms with Gasteiger partial charge in [-0.1, -0.05) is 18.7 Å². The molecule has 1 heterocycles. The van der Waals surface area contributed by atoms with Gasteiger partial charge < -0.3 is 31.3 Å². The Morgan fingerprint density at radius 2 is 1.43 bits per heavy atom. The normalized spacial score (nSPS) is 12.0. The molecule has 0 aliphatic rings. The van der Waals surface area contributed by atoms with Gasteiger partial charge in [0.15, 0.2) is 22.2 Å². The van der Waals surface area contributed by atoms with Crippen LogP contribution in [0.1, 0.15) is 19.4 Å². The fraction of sp³-hybridized carbons (Fsp3) is 0.387. The number of esters is 2.